The van der Waals surface area contributed by atoms with Crippen molar-refractivity contribution in [1.82, 2.24) is 0 Å². The molecule has 0 aromatic heterocycles. The van der Waals surface area contributed by atoms with Crippen LogP contribution in [-0.4, -0.2) is 28.1 Å². The maximum atomic E-state index is 11.9. The third-order valence-corrected chi connectivity index (χ3v) is 4.19. The maximum Gasteiger partial charge on any atom is 0.338 e. The predicted octanol–water partition coefficient (Wildman–Crippen LogP) is 2.31. The van der Waals surface area contributed by atoms with Gasteiger partial charge in [-0.15, -0.1) is 0 Å². The van der Waals surface area contributed by atoms with Gasteiger partial charge in [0.05, 0.1) is 23.8 Å². The van der Waals surface area contributed by atoms with E-state index in [1.807, 2.05) is 13.8 Å². The Labute approximate surface area is 132 Å². The van der Waals surface area contributed by atoms with E-state index in [4.69, 9.17) is 14.6 Å². The van der Waals surface area contributed by atoms with Crippen LogP contribution in [0.25, 0.3) is 0 Å². The molecule has 0 aliphatic heterocycles. The molecule has 0 aliphatic carbocycles. The van der Waals surface area contributed by atoms with Crippen LogP contribution >= 0.6 is 15.9 Å². The normalized spacial score (nSPS) is 11.5. The Morgan fingerprint density at radius 1 is 1.38 bits per heavy atom. The molecular formula is C13H18BrNO5S. The number of hydrogen-bond acceptors (Lipinski definition) is 5. The number of nitrogens with two attached hydrogens (primary N) is 1. The Kier molecular flexibility index (Phi) is 6.18. The third kappa shape index (κ3) is 4.98. The first-order valence-corrected chi connectivity index (χ1v) is 8.58. The number of sulfonamides is 1. The fourth-order valence-electron chi connectivity index (χ4n) is 1.57. The zero-order valence-electron chi connectivity index (χ0n) is 12.1. The molecule has 118 valence electrons. The van der Waals surface area contributed by atoms with E-state index in [1.165, 1.54) is 13.2 Å². The Hall–Kier alpha value is -1.12. The summed E-state index contributed by atoms with van der Waals surface area (Å²) < 4.78 is 33.5. The molecule has 1 aromatic carbocycles. The molecule has 2 N–H and O–H groups in total. The van der Waals surface area contributed by atoms with Crippen molar-refractivity contribution in [3.8, 4) is 5.75 Å². The summed E-state index contributed by atoms with van der Waals surface area (Å²) in [4.78, 5) is 11.7. The second-order valence-corrected chi connectivity index (χ2v) is 7.24. The number of hydrogen-bond donors (Lipinski definition) is 1. The van der Waals surface area contributed by atoms with Gasteiger partial charge in [-0.3, -0.25) is 0 Å². The minimum absolute atomic E-state index is 0.0521. The van der Waals surface area contributed by atoms with Gasteiger partial charge in [-0.2, -0.15) is 0 Å². The van der Waals surface area contributed by atoms with Crippen LogP contribution in [0.4, 0.5) is 0 Å². The van der Waals surface area contributed by atoms with Gasteiger partial charge in [-0.25, -0.2) is 18.4 Å². The van der Waals surface area contributed by atoms with Crippen molar-refractivity contribution < 1.29 is 22.7 Å². The molecule has 1 rings (SSSR count). The molecule has 8 heteroatoms. The number of carbonyl (C=O) groups excluding carboxylic acids is 1. The highest BCUT2D eigenvalue weighted by molar-refractivity contribution is 9.10. The minimum atomic E-state index is -4.02. The highest BCUT2D eigenvalue weighted by atomic mass is 79.9. The lowest BCUT2D eigenvalue weighted by Gasteiger charge is -2.12. The smallest absolute Gasteiger partial charge is 0.338 e. The molecular weight excluding hydrogens is 362 g/mol. The Morgan fingerprint density at radius 3 is 2.48 bits per heavy atom. The number of rotatable bonds is 6. The Balaban J connectivity index is 3.10. The van der Waals surface area contributed by atoms with Crippen LogP contribution in [0, 0.1) is 5.92 Å². The minimum Gasteiger partial charge on any atom is -0.494 e. The first-order valence-electron chi connectivity index (χ1n) is 6.24. The molecule has 0 unspecified atom stereocenters. The fraction of sp³-hybridized carbons (Fsp3) is 0.462. The van der Waals surface area contributed by atoms with Crippen LogP contribution in [-0.2, 0) is 14.8 Å². The van der Waals surface area contributed by atoms with Crippen molar-refractivity contribution in [1.29, 1.82) is 0 Å². The number of ether oxygens (including phenoxy) is 2. The van der Waals surface area contributed by atoms with E-state index in [0.29, 0.717) is 10.4 Å². The Bertz CT molecular complexity index is 628. The SMILES string of the molecule is COc1c(Br)cc(C(=O)OCCC(C)C)cc1S(N)(=O)=O. The summed E-state index contributed by atoms with van der Waals surface area (Å²) in [5.41, 5.74) is 0.0930. The Morgan fingerprint density at radius 2 is 2.00 bits per heavy atom. The van der Waals surface area contributed by atoms with E-state index in [1.54, 1.807) is 0 Å². The van der Waals surface area contributed by atoms with Crippen LogP contribution in [0.15, 0.2) is 21.5 Å². The zero-order valence-corrected chi connectivity index (χ0v) is 14.5. The topological polar surface area (TPSA) is 95.7 Å². The first kappa shape index (κ1) is 17.9. The number of carbonyl (C=O) groups is 1. The molecule has 0 atom stereocenters. The molecule has 0 amide bonds. The standard InChI is InChI=1S/C13H18BrNO5S/c1-8(2)4-5-20-13(16)9-6-10(14)12(19-3)11(7-9)21(15,17)18/h6-8H,4-5H2,1-3H3,(H2,15,17,18). The van der Waals surface area contributed by atoms with Gasteiger partial charge in [0.25, 0.3) is 0 Å². The van der Waals surface area contributed by atoms with Crippen LogP contribution in [0.5, 0.6) is 5.75 Å². The van der Waals surface area contributed by atoms with E-state index in [0.717, 1.165) is 12.5 Å². The molecule has 0 fully saturated rings. The average Bonchev–Trinajstić information content (AvgIpc) is 2.36. The molecule has 0 heterocycles. The lowest BCUT2D eigenvalue weighted by Crippen LogP contribution is -2.16. The van der Waals surface area contributed by atoms with E-state index in [9.17, 15) is 13.2 Å². The number of primary sulfonamides is 1. The van der Waals surface area contributed by atoms with Crippen molar-refractivity contribution in [3.05, 3.63) is 22.2 Å². The quantitative estimate of drug-likeness (QED) is 0.764. The number of benzene rings is 1. The zero-order chi connectivity index (χ0) is 16.2. The summed E-state index contributed by atoms with van der Waals surface area (Å²) in [6, 6.07) is 2.59. The first-order chi connectivity index (χ1) is 9.66. The third-order valence-electron chi connectivity index (χ3n) is 2.68. The lowest BCUT2D eigenvalue weighted by atomic mass is 10.1. The highest BCUT2D eigenvalue weighted by Gasteiger charge is 2.22. The molecule has 0 saturated heterocycles. The van der Waals surface area contributed by atoms with Crippen molar-refractivity contribution in [2.75, 3.05) is 13.7 Å². The van der Waals surface area contributed by atoms with Crippen molar-refractivity contribution in [2.45, 2.75) is 25.2 Å². The number of halogens is 1. The van der Waals surface area contributed by atoms with Crippen molar-refractivity contribution in [3.63, 3.8) is 0 Å². The predicted molar refractivity (Wildman–Crippen MR) is 81.8 cm³/mol. The van der Waals surface area contributed by atoms with Gasteiger partial charge in [-0.05, 0) is 40.4 Å². The summed E-state index contributed by atoms with van der Waals surface area (Å²) >= 11 is 3.16. The van der Waals surface area contributed by atoms with Crippen LogP contribution in [0.1, 0.15) is 30.6 Å². The fourth-order valence-corrected chi connectivity index (χ4v) is 3.06. The summed E-state index contributed by atoms with van der Waals surface area (Å²) in [5, 5.41) is 5.13. The van der Waals surface area contributed by atoms with Gasteiger partial charge in [0, 0.05) is 0 Å². The molecule has 0 aliphatic rings. The second kappa shape index (κ2) is 7.24. The molecule has 21 heavy (non-hydrogen) atoms. The van der Waals surface area contributed by atoms with Gasteiger partial charge in [0.1, 0.15) is 4.90 Å². The summed E-state index contributed by atoms with van der Waals surface area (Å²) in [6.07, 6.45) is 0.727. The number of esters is 1. The van der Waals surface area contributed by atoms with Gasteiger partial charge in [0.15, 0.2) is 5.75 Å². The molecule has 1 aromatic rings. The van der Waals surface area contributed by atoms with E-state index >= 15 is 0 Å². The second-order valence-electron chi connectivity index (χ2n) is 4.85. The van der Waals surface area contributed by atoms with Gasteiger partial charge in [-0.1, -0.05) is 13.8 Å². The number of methoxy groups -OCH3 is 1. The maximum absolute atomic E-state index is 11.9. The van der Waals surface area contributed by atoms with Crippen molar-refractivity contribution in [2.24, 2.45) is 11.1 Å². The van der Waals surface area contributed by atoms with E-state index < -0.39 is 16.0 Å². The van der Waals surface area contributed by atoms with Gasteiger partial charge in [0.2, 0.25) is 10.0 Å². The van der Waals surface area contributed by atoms with Crippen LogP contribution in [0.3, 0.4) is 0 Å². The van der Waals surface area contributed by atoms with Crippen LogP contribution < -0.4 is 9.88 Å². The van der Waals surface area contributed by atoms with Gasteiger partial charge >= 0.3 is 5.97 Å². The highest BCUT2D eigenvalue weighted by Crippen LogP contribution is 2.33. The van der Waals surface area contributed by atoms with E-state index in [2.05, 4.69) is 15.9 Å². The molecule has 0 bridgehead atoms. The van der Waals surface area contributed by atoms with E-state index in [-0.39, 0.29) is 22.8 Å². The largest absolute Gasteiger partial charge is 0.494 e. The lowest BCUT2D eigenvalue weighted by molar-refractivity contribution is 0.0487. The average molecular weight is 380 g/mol. The molecule has 0 spiro atoms. The van der Waals surface area contributed by atoms with Crippen molar-refractivity contribution >= 4 is 31.9 Å². The molecule has 0 saturated carbocycles. The summed E-state index contributed by atoms with van der Waals surface area (Å²) in [6.45, 7) is 4.29. The monoisotopic (exact) mass is 379 g/mol. The van der Waals surface area contributed by atoms with Crippen LogP contribution in [0.2, 0.25) is 0 Å². The summed E-state index contributed by atoms with van der Waals surface area (Å²) in [7, 11) is -2.71. The summed E-state index contributed by atoms with van der Waals surface area (Å²) in [5.74, 6) is -0.152. The molecule has 0 radical (unpaired) electrons. The molecule has 6 nitrogen and oxygen atoms in total. The van der Waals surface area contributed by atoms with Gasteiger partial charge < -0.3 is 9.47 Å².